The summed E-state index contributed by atoms with van der Waals surface area (Å²) >= 11 is 0. The molecule has 84 valence electrons. The fourth-order valence-corrected chi connectivity index (χ4v) is 1.93. The largest absolute Gasteiger partial charge is 0.301 e. The molecule has 0 saturated carbocycles. The highest BCUT2D eigenvalue weighted by molar-refractivity contribution is 5.82. The van der Waals surface area contributed by atoms with Crippen LogP contribution >= 0.6 is 0 Å². The van der Waals surface area contributed by atoms with Crippen molar-refractivity contribution in [2.24, 2.45) is 0 Å². The first-order valence-corrected chi connectivity index (χ1v) is 5.44. The minimum absolute atomic E-state index is 0.201. The minimum atomic E-state index is -0.201. The molecule has 17 heavy (non-hydrogen) atoms. The smallest absolute Gasteiger partial charge is 0.137 e. The molecule has 0 amide bonds. The lowest BCUT2D eigenvalue weighted by molar-refractivity contribution is 0.640. The van der Waals surface area contributed by atoms with E-state index in [-0.39, 0.29) is 5.82 Å². The Morgan fingerprint density at radius 1 is 1.12 bits per heavy atom. The fourth-order valence-electron chi connectivity index (χ4n) is 1.93. The molecule has 0 spiro atoms. The van der Waals surface area contributed by atoms with Gasteiger partial charge < -0.3 is 4.57 Å². The number of hydrogen-bond acceptors (Lipinski definition) is 1. The van der Waals surface area contributed by atoms with Gasteiger partial charge in [0.05, 0.1) is 5.52 Å². The summed E-state index contributed by atoms with van der Waals surface area (Å²) in [6.45, 7) is 1.99. The third-order valence-corrected chi connectivity index (χ3v) is 2.82. The first-order valence-electron chi connectivity index (χ1n) is 5.44. The molecule has 0 bridgehead atoms. The van der Waals surface area contributed by atoms with Crippen LogP contribution in [-0.4, -0.2) is 9.55 Å². The number of aromatic nitrogens is 2. The van der Waals surface area contributed by atoms with Crippen molar-refractivity contribution in [1.29, 1.82) is 0 Å². The van der Waals surface area contributed by atoms with Gasteiger partial charge in [-0.05, 0) is 36.8 Å². The number of fused-ring (bicyclic) bond motifs is 1. The molecule has 2 nitrogen and oxygen atoms in total. The molecule has 0 radical (unpaired) electrons. The summed E-state index contributed by atoms with van der Waals surface area (Å²) in [4.78, 5) is 4.34. The van der Waals surface area contributed by atoms with E-state index in [1.165, 1.54) is 6.07 Å². The molecule has 3 heteroatoms. The van der Waals surface area contributed by atoms with Crippen LogP contribution in [0.2, 0.25) is 0 Å². The summed E-state index contributed by atoms with van der Waals surface area (Å²) < 4.78 is 15.4. The average molecular weight is 226 g/mol. The molecule has 0 aliphatic rings. The fraction of sp³-hybridized carbons (Fsp3) is 0.0714. The molecule has 0 aliphatic carbocycles. The van der Waals surface area contributed by atoms with Crippen molar-refractivity contribution in [3.05, 3.63) is 60.2 Å². The Kier molecular flexibility index (Phi) is 2.18. The molecule has 0 atom stereocenters. The minimum Gasteiger partial charge on any atom is -0.301 e. The summed E-state index contributed by atoms with van der Waals surface area (Å²) in [7, 11) is 0. The van der Waals surface area contributed by atoms with Gasteiger partial charge in [-0.25, -0.2) is 9.37 Å². The van der Waals surface area contributed by atoms with Crippen LogP contribution in [0.15, 0.2) is 48.8 Å². The molecule has 0 fully saturated rings. The SMILES string of the molecule is Cc1ccc(-n2ccc3c(F)cccc32)nc1. The lowest BCUT2D eigenvalue weighted by Crippen LogP contribution is -1.95. The van der Waals surface area contributed by atoms with Crippen LogP contribution in [0.3, 0.4) is 0 Å². The van der Waals surface area contributed by atoms with Crippen LogP contribution in [0.5, 0.6) is 0 Å². The van der Waals surface area contributed by atoms with Gasteiger partial charge in [0.15, 0.2) is 0 Å². The van der Waals surface area contributed by atoms with Crippen LogP contribution in [0, 0.1) is 12.7 Å². The quantitative estimate of drug-likeness (QED) is 0.621. The van der Waals surface area contributed by atoms with E-state index in [4.69, 9.17) is 0 Å². The number of nitrogens with zero attached hydrogens (tertiary/aromatic N) is 2. The second-order valence-electron chi connectivity index (χ2n) is 4.05. The molecule has 0 aliphatic heterocycles. The number of hydrogen-bond donors (Lipinski definition) is 0. The maximum Gasteiger partial charge on any atom is 0.137 e. The molecule has 0 saturated heterocycles. The lowest BCUT2D eigenvalue weighted by Gasteiger charge is -2.04. The number of pyridine rings is 1. The van der Waals surface area contributed by atoms with Gasteiger partial charge in [-0.1, -0.05) is 12.1 Å². The molecule has 3 aromatic rings. The maximum absolute atomic E-state index is 13.5. The van der Waals surface area contributed by atoms with Crippen molar-refractivity contribution in [3.63, 3.8) is 0 Å². The van der Waals surface area contributed by atoms with Gasteiger partial charge in [0.2, 0.25) is 0 Å². The molecular formula is C14H11FN2. The third kappa shape index (κ3) is 1.60. The van der Waals surface area contributed by atoms with Gasteiger partial charge in [0.25, 0.3) is 0 Å². The van der Waals surface area contributed by atoms with Gasteiger partial charge in [-0.15, -0.1) is 0 Å². The summed E-state index contributed by atoms with van der Waals surface area (Å²) in [6, 6.07) is 10.8. The monoisotopic (exact) mass is 226 g/mol. The predicted molar refractivity (Wildman–Crippen MR) is 65.8 cm³/mol. The Labute approximate surface area is 98.3 Å². The second-order valence-corrected chi connectivity index (χ2v) is 4.05. The second kappa shape index (κ2) is 3.70. The molecule has 2 aromatic heterocycles. The molecule has 0 unspecified atom stereocenters. The van der Waals surface area contributed by atoms with Crippen molar-refractivity contribution < 1.29 is 4.39 Å². The standard InChI is InChI=1S/C14H11FN2/c1-10-5-6-14(16-9-10)17-8-7-11-12(15)3-2-4-13(11)17/h2-9H,1H3. The predicted octanol–water partition coefficient (Wildman–Crippen LogP) is 3.47. The maximum atomic E-state index is 13.5. The van der Waals surface area contributed by atoms with E-state index in [1.54, 1.807) is 18.3 Å². The first-order chi connectivity index (χ1) is 8.25. The third-order valence-electron chi connectivity index (χ3n) is 2.82. The number of rotatable bonds is 1. The highest BCUT2D eigenvalue weighted by Gasteiger charge is 2.06. The topological polar surface area (TPSA) is 17.8 Å². The summed E-state index contributed by atoms with van der Waals surface area (Å²) in [6.07, 6.45) is 3.64. The number of halogens is 1. The number of aryl methyl sites for hydroxylation is 1. The Morgan fingerprint density at radius 2 is 2.00 bits per heavy atom. The van der Waals surface area contributed by atoms with Crippen LogP contribution in [0.1, 0.15) is 5.56 Å². The Balaban J connectivity index is 2.24. The van der Waals surface area contributed by atoms with E-state index in [2.05, 4.69) is 4.98 Å². The molecule has 3 rings (SSSR count). The van der Waals surface area contributed by atoms with E-state index in [0.717, 1.165) is 16.9 Å². The van der Waals surface area contributed by atoms with Gasteiger partial charge in [0.1, 0.15) is 11.6 Å². The zero-order chi connectivity index (χ0) is 11.8. The lowest BCUT2D eigenvalue weighted by atomic mass is 10.2. The number of benzene rings is 1. The van der Waals surface area contributed by atoms with Crippen LogP contribution in [0.25, 0.3) is 16.7 Å². The van der Waals surface area contributed by atoms with Crippen molar-refractivity contribution in [1.82, 2.24) is 9.55 Å². The summed E-state index contributed by atoms with van der Waals surface area (Å²) in [5.41, 5.74) is 1.94. The van der Waals surface area contributed by atoms with E-state index in [1.807, 2.05) is 35.9 Å². The van der Waals surface area contributed by atoms with Gasteiger partial charge in [-0.3, -0.25) is 0 Å². The zero-order valence-corrected chi connectivity index (χ0v) is 9.39. The van der Waals surface area contributed by atoms with Crippen molar-refractivity contribution in [3.8, 4) is 5.82 Å². The van der Waals surface area contributed by atoms with Crippen molar-refractivity contribution in [2.75, 3.05) is 0 Å². The Bertz CT molecular complexity index is 668. The van der Waals surface area contributed by atoms with Crippen molar-refractivity contribution in [2.45, 2.75) is 6.92 Å². The van der Waals surface area contributed by atoms with E-state index in [9.17, 15) is 4.39 Å². The van der Waals surface area contributed by atoms with Crippen LogP contribution in [-0.2, 0) is 0 Å². The highest BCUT2D eigenvalue weighted by Crippen LogP contribution is 2.21. The summed E-state index contributed by atoms with van der Waals surface area (Å²) in [5, 5.41) is 0.620. The molecule has 2 heterocycles. The van der Waals surface area contributed by atoms with Crippen molar-refractivity contribution >= 4 is 10.9 Å². The van der Waals surface area contributed by atoms with Crippen LogP contribution in [0.4, 0.5) is 4.39 Å². The summed E-state index contributed by atoms with van der Waals surface area (Å²) in [5.74, 6) is 0.601. The molecule has 1 aromatic carbocycles. The van der Waals surface area contributed by atoms with E-state index < -0.39 is 0 Å². The Morgan fingerprint density at radius 3 is 2.76 bits per heavy atom. The molecular weight excluding hydrogens is 215 g/mol. The average Bonchev–Trinajstić information content (AvgIpc) is 2.75. The normalized spacial score (nSPS) is 10.9. The highest BCUT2D eigenvalue weighted by atomic mass is 19.1. The molecule has 0 N–H and O–H groups in total. The van der Waals surface area contributed by atoms with Gasteiger partial charge in [-0.2, -0.15) is 0 Å². The van der Waals surface area contributed by atoms with Gasteiger partial charge >= 0.3 is 0 Å². The first kappa shape index (κ1) is 10.0. The van der Waals surface area contributed by atoms with E-state index >= 15 is 0 Å². The Hall–Kier alpha value is -2.16. The van der Waals surface area contributed by atoms with Crippen LogP contribution < -0.4 is 0 Å². The van der Waals surface area contributed by atoms with Gasteiger partial charge in [0, 0.05) is 17.8 Å². The van der Waals surface area contributed by atoms with E-state index in [0.29, 0.717) is 5.39 Å². The zero-order valence-electron chi connectivity index (χ0n) is 9.39.